The SMILES string of the molecule is CCCCN(CC(N)=O)Cc1c(Br)c(C)nn1CC. The maximum Gasteiger partial charge on any atom is 0.231 e. The van der Waals surface area contributed by atoms with Gasteiger partial charge >= 0.3 is 0 Å². The molecule has 0 saturated carbocycles. The molecular formula is C13H23BrN4O. The van der Waals surface area contributed by atoms with E-state index in [-0.39, 0.29) is 5.91 Å². The number of nitrogens with zero attached hydrogens (tertiary/aromatic N) is 3. The Morgan fingerprint density at radius 3 is 2.68 bits per heavy atom. The van der Waals surface area contributed by atoms with Crippen LogP contribution in [0.3, 0.4) is 0 Å². The van der Waals surface area contributed by atoms with Crippen LogP contribution in [-0.2, 0) is 17.9 Å². The number of aromatic nitrogens is 2. The van der Waals surface area contributed by atoms with Gasteiger partial charge in [0.1, 0.15) is 0 Å². The Balaban J connectivity index is 2.85. The molecular weight excluding hydrogens is 308 g/mol. The second-order valence-corrected chi connectivity index (χ2v) is 5.49. The van der Waals surface area contributed by atoms with E-state index in [1.807, 2.05) is 11.6 Å². The molecule has 1 aromatic heterocycles. The summed E-state index contributed by atoms with van der Waals surface area (Å²) in [5.41, 5.74) is 7.40. The lowest BCUT2D eigenvalue weighted by Gasteiger charge is -2.21. The third-order valence-electron chi connectivity index (χ3n) is 3.03. The molecule has 0 fully saturated rings. The van der Waals surface area contributed by atoms with Gasteiger partial charge in [-0.3, -0.25) is 14.4 Å². The van der Waals surface area contributed by atoms with Crippen molar-refractivity contribution < 1.29 is 4.79 Å². The van der Waals surface area contributed by atoms with Crippen molar-refractivity contribution in [3.8, 4) is 0 Å². The number of halogens is 1. The van der Waals surface area contributed by atoms with Gasteiger partial charge in [-0.2, -0.15) is 5.10 Å². The summed E-state index contributed by atoms with van der Waals surface area (Å²) in [6, 6.07) is 0. The smallest absolute Gasteiger partial charge is 0.231 e. The zero-order valence-electron chi connectivity index (χ0n) is 11.9. The molecule has 0 aliphatic heterocycles. The first-order chi connectivity index (χ1) is 8.99. The molecule has 1 rings (SSSR count). The molecule has 0 aliphatic rings. The molecule has 108 valence electrons. The van der Waals surface area contributed by atoms with Crippen LogP contribution in [0.2, 0.25) is 0 Å². The minimum atomic E-state index is -0.286. The molecule has 0 unspecified atom stereocenters. The molecule has 0 aliphatic carbocycles. The van der Waals surface area contributed by atoms with Gasteiger partial charge in [0, 0.05) is 13.1 Å². The number of carbonyl (C=O) groups excluding carboxylic acids is 1. The van der Waals surface area contributed by atoms with Crippen molar-refractivity contribution in [3.05, 3.63) is 15.9 Å². The number of hydrogen-bond donors (Lipinski definition) is 1. The van der Waals surface area contributed by atoms with Crippen LogP contribution >= 0.6 is 15.9 Å². The molecule has 0 atom stereocenters. The predicted octanol–water partition coefficient (Wildman–Crippen LogP) is 2.06. The van der Waals surface area contributed by atoms with Gasteiger partial charge in [-0.05, 0) is 42.7 Å². The van der Waals surface area contributed by atoms with Gasteiger partial charge < -0.3 is 5.73 Å². The fraction of sp³-hybridized carbons (Fsp3) is 0.692. The van der Waals surface area contributed by atoms with Crippen molar-refractivity contribution >= 4 is 21.8 Å². The Kier molecular flexibility index (Phi) is 6.51. The highest BCUT2D eigenvalue weighted by atomic mass is 79.9. The maximum absolute atomic E-state index is 11.2. The molecule has 0 saturated heterocycles. The molecule has 1 aromatic rings. The van der Waals surface area contributed by atoms with Crippen molar-refractivity contribution in [1.29, 1.82) is 0 Å². The fourth-order valence-corrected chi connectivity index (χ4v) is 2.46. The van der Waals surface area contributed by atoms with Crippen molar-refractivity contribution in [2.75, 3.05) is 13.1 Å². The fourth-order valence-electron chi connectivity index (χ4n) is 2.05. The van der Waals surface area contributed by atoms with E-state index < -0.39 is 0 Å². The third kappa shape index (κ3) is 4.62. The number of nitrogens with two attached hydrogens (primary N) is 1. The zero-order valence-corrected chi connectivity index (χ0v) is 13.5. The second-order valence-electron chi connectivity index (χ2n) is 4.69. The summed E-state index contributed by atoms with van der Waals surface area (Å²) in [6.07, 6.45) is 2.16. The first-order valence-corrected chi connectivity index (χ1v) is 7.51. The highest BCUT2D eigenvalue weighted by Crippen LogP contribution is 2.22. The summed E-state index contributed by atoms with van der Waals surface area (Å²) in [6.45, 7) is 8.86. The number of primary amides is 1. The molecule has 0 aromatic carbocycles. The van der Waals surface area contributed by atoms with E-state index in [0.717, 1.165) is 41.8 Å². The minimum Gasteiger partial charge on any atom is -0.369 e. The Labute approximate surface area is 123 Å². The zero-order chi connectivity index (χ0) is 14.4. The average Bonchev–Trinajstić information content (AvgIpc) is 2.63. The quantitative estimate of drug-likeness (QED) is 0.793. The van der Waals surface area contributed by atoms with Crippen molar-refractivity contribution in [3.63, 3.8) is 0 Å². The molecule has 1 heterocycles. The topological polar surface area (TPSA) is 64.2 Å². The van der Waals surface area contributed by atoms with Gasteiger partial charge in [-0.25, -0.2) is 0 Å². The molecule has 19 heavy (non-hydrogen) atoms. The summed E-state index contributed by atoms with van der Waals surface area (Å²) < 4.78 is 3.00. The predicted molar refractivity (Wildman–Crippen MR) is 79.7 cm³/mol. The third-order valence-corrected chi connectivity index (χ3v) is 4.07. The molecule has 0 radical (unpaired) electrons. The minimum absolute atomic E-state index is 0.286. The first kappa shape index (κ1) is 16.2. The van der Waals surface area contributed by atoms with Gasteiger partial charge in [0.2, 0.25) is 5.91 Å². The van der Waals surface area contributed by atoms with Crippen LogP contribution < -0.4 is 5.73 Å². The number of unbranched alkanes of at least 4 members (excludes halogenated alkanes) is 1. The number of rotatable bonds is 8. The summed E-state index contributed by atoms with van der Waals surface area (Å²) >= 11 is 3.58. The van der Waals surface area contributed by atoms with Crippen molar-refractivity contribution in [2.45, 2.75) is 46.7 Å². The Morgan fingerprint density at radius 1 is 1.47 bits per heavy atom. The second kappa shape index (κ2) is 7.65. The van der Waals surface area contributed by atoms with Gasteiger partial charge in [0.05, 0.1) is 22.4 Å². The maximum atomic E-state index is 11.2. The Hall–Kier alpha value is -0.880. The number of hydrogen-bond acceptors (Lipinski definition) is 3. The van der Waals surface area contributed by atoms with Gasteiger partial charge in [-0.1, -0.05) is 13.3 Å². The van der Waals surface area contributed by atoms with Crippen molar-refractivity contribution in [2.24, 2.45) is 5.73 Å². The van der Waals surface area contributed by atoms with Gasteiger partial charge in [0.25, 0.3) is 0 Å². The van der Waals surface area contributed by atoms with E-state index >= 15 is 0 Å². The highest BCUT2D eigenvalue weighted by molar-refractivity contribution is 9.10. The summed E-state index contributed by atoms with van der Waals surface area (Å²) in [7, 11) is 0. The van der Waals surface area contributed by atoms with Gasteiger partial charge in [0.15, 0.2) is 0 Å². The van der Waals surface area contributed by atoms with Crippen LogP contribution in [0.25, 0.3) is 0 Å². The van der Waals surface area contributed by atoms with Crippen molar-refractivity contribution in [1.82, 2.24) is 14.7 Å². The van der Waals surface area contributed by atoms with Crippen LogP contribution in [0.5, 0.6) is 0 Å². The van der Waals surface area contributed by atoms with E-state index in [4.69, 9.17) is 5.73 Å². The molecule has 2 N–H and O–H groups in total. The molecule has 0 bridgehead atoms. The van der Waals surface area contributed by atoms with Gasteiger partial charge in [-0.15, -0.1) is 0 Å². The molecule has 5 nitrogen and oxygen atoms in total. The molecule has 6 heteroatoms. The summed E-state index contributed by atoms with van der Waals surface area (Å²) in [5.74, 6) is -0.286. The molecule has 0 spiro atoms. The lowest BCUT2D eigenvalue weighted by molar-refractivity contribution is -0.119. The van der Waals surface area contributed by atoms with Crippen LogP contribution in [-0.4, -0.2) is 33.7 Å². The number of amides is 1. The van der Waals surface area contributed by atoms with Crippen LogP contribution in [0, 0.1) is 6.92 Å². The normalized spacial score (nSPS) is 11.2. The van der Waals surface area contributed by atoms with Crippen LogP contribution in [0.1, 0.15) is 38.1 Å². The monoisotopic (exact) mass is 330 g/mol. The Bertz CT molecular complexity index is 431. The number of carbonyl (C=O) groups is 1. The van der Waals surface area contributed by atoms with E-state index in [0.29, 0.717) is 13.1 Å². The van der Waals surface area contributed by atoms with Crippen LogP contribution in [0.15, 0.2) is 4.47 Å². The average molecular weight is 331 g/mol. The highest BCUT2D eigenvalue weighted by Gasteiger charge is 2.16. The van der Waals surface area contributed by atoms with E-state index in [9.17, 15) is 4.79 Å². The van der Waals surface area contributed by atoms with Crippen LogP contribution in [0.4, 0.5) is 0 Å². The largest absolute Gasteiger partial charge is 0.369 e. The summed E-state index contributed by atoms with van der Waals surface area (Å²) in [5, 5.41) is 4.47. The van der Waals surface area contributed by atoms with E-state index in [2.05, 4.69) is 39.8 Å². The molecule has 1 amide bonds. The first-order valence-electron chi connectivity index (χ1n) is 6.72. The number of aryl methyl sites for hydroxylation is 2. The summed E-state index contributed by atoms with van der Waals surface area (Å²) in [4.78, 5) is 13.2. The van der Waals surface area contributed by atoms with E-state index in [1.54, 1.807) is 0 Å². The standard InChI is InChI=1S/C13H23BrN4O/c1-4-6-7-17(9-12(15)19)8-11-13(14)10(3)16-18(11)5-2/h4-9H2,1-3H3,(H2,15,19). The lowest BCUT2D eigenvalue weighted by Crippen LogP contribution is -2.34. The lowest BCUT2D eigenvalue weighted by atomic mass is 10.2. The Morgan fingerprint density at radius 2 is 2.16 bits per heavy atom. The van der Waals surface area contributed by atoms with E-state index in [1.165, 1.54) is 0 Å².